The van der Waals surface area contributed by atoms with Gasteiger partial charge in [0.1, 0.15) is 4.88 Å². The minimum atomic E-state index is -0.480. The summed E-state index contributed by atoms with van der Waals surface area (Å²) in [5.41, 5.74) is 0.780. The van der Waals surface area contributed by atoms with Gasteiger partial charge < -0.3 is 14.5 Å². The largest absolute Gasteiger partial charge is 0.465 e. The first-order valence-electron chi connectivity index (χ1n) is 4.83. The van der Waals surface area contributed by atoms with Crippen LogP contribution in [0.2, 0.25) is 0 Å². The second-order valence-corrected chi connectivity index (χ2v) is 4.85. The molecule has 0 aliphatic rings. The van der Waals surface area contributed by atoms with Crippen molar-refractivity contribution in [3.8, 4) is 0 Å². The molecule has 94 valence electrons. The van der Waals surface area contributed by atoms with Crippen molar-refractivity contribution in [1.29, 1.82) is 0 Å². The molecule has 1 N–H and O–H groups in total. The normalized spacial score (nSPS) is 10.1. The number of furan rings is 1. The summed E-state index contributed by atoms with van der Waals surface area (Å²) >= 11 is 4.32. The first kappa shape index (κ1) is 12.8. The summed E-state index contributed by atoms with van der Waals surface area (Å²) in [6.45, 7) is 0. The van der Waals surface area contributed by atoms with E-state index in [-0.39, 0.29) is 5.91 Å². The Hall–Kier alpha value is -1.60. The van der Waals surface area contributed by atoms with Gasteiger partial charge in [-0.15, -0.1) is 11.3 Å². The molecule has 0 saturated heterocycles. The molecule has 18 heavy (non-hydrogen) atoms. The van der Waals surface area contributed by atoms with Crippen LogP contribution in [0.25, 0.3) is 0 Å². The molecule has 7 heteroatoms. The quantitative estimate of drug-likeness (QED) is 0.878. The molecule has 2 rings (SSSR count). The third kappa shape index (κ3) is 2.46. The summed E-state index contributed by atoms with van der Waals surface area (Å²) in [4.78, 5) is 23.7. The number of carbonyl (C=O) groups is 2. The minimum Gasteiger partial charge on any atom is -0.465 e. The van der Waals surface area contributed by atoms with Crippen LogP contribution >= 0.6 is 27.3 Å². The summed E-state index contributed by atoms with van der Waals surface area (Å²) in [6.07, 6.45) is 1.40. The molecule has 0 aromatic carbocycles. The molecule has 0 aliphatic carbocycles. The van der Waals surface area contributed by atoms with Gasteiger partial charge in [0.2, 0.25) is 0 Å². The molecular formula is C11H8BrNO4S. The van der Waals surface area contributed by atoms with E-state index in [1.165, 1.54) is 30.8 Å². The highest BCUT2D eigenvalue weighted by molar-refractivity contribution is 9.10. The number of nitrogens with one attached hydrogen (secondary N) is 1. The number of carbonyl (C=O) groups excluding carboxylic acids is 2. The number of rotatable bonds is 3. The first-order valence-corrected chi connectivity index (χ1v) is 6.51. The zero-order valence-corrected chi connectivity index (χ0v) is 11.6. The van der Waals surface area contributed by atoms with Crippen LogP contribution < -0.4 is 5.32 Å². The number of amides is 1. The van der Waals surface area contributed by atoms with E-state index in [0.29, 0.717) is 20.8 Å². The first-order chi connectivity index (χ1) is 8.63. The molecular weight excluding hydrogens is 322 g/mol. The molecule has 5 nitrogen and oxygen atoms in total. The van der Waals surface area contributed by atoms with Crippen LogP contribution in [-0.2, 0) is 4.74 Å². The summed E-state index contributed by atoms with van der Waals surface area (Å²) in [5.74, 6) is -0.842. The Bertz CT molecular complexity index is 589. The number of anilines is 1. The Morgan fingerprint density at radius 2 is 2.22 bits per heavy atom. The summed E-state index contributed by atoms with van der Waals surface area (Å²) < 4.78 is 9.94. The fourth-order valence-corrected chi connectivity index (χ4v) is 2.49. The number of esters is 1. The van der Waals surface area contributed by atoms with Gasteiger partial charge in [0.25, 0.3) is 5.91 Å². The molecule has 1 amide bonds. The average Bonchev–Trinajstić information content (AvgIpc) is 2.97. The van der Waals surface area contributed by atoms with Gasteiger partial charge in [0.15, 0.2) is 4.67 Å². The lowest BCUT2D eigenvalue weighted by atomic mass is 10.3. The predicted molar refractivity (Wildman–Crippen MR) is 70.0 cm³/mol. The number of ether oxygens (including phenoxy) is 1. The minimum absolute atomic E-state index is 0.342. The second-order valence-electron chi connectivity index (χ2n) is 3.22. The van der Waals surface area contributed by atoms with Gasteiger partial charge in [-0.25, -0.2) is 4.79 Å². The smallest absolute Gasteiger partial charge is 0.350 e. The van der Waals surface area contributed by atoms with E-state index in [9.17, 15) is 9.59 Å². The van der Waals surface area contributed by atoms with E-state index >= 15 is 0 Å². The standard InChI is InChI=1S/C11H8BrNO4S/c1-16-11(15)8-7(3-5-18-8)13-10(14)6-2-4-17-9(6)12/h2-5H,1H3,(H,13,14). The van der Waals surface area contributed by atoms with Gasteiger partial charge in [-0.3, -0.25) is 4.79 Å². The van der Waals surface area contributed by atoms with E-state index in [1.807, 2.05) is 0 Å². The van der Waals surface area contributed by atoms with Gasteiger partial charge in [-0.1, -0.05) is 0 Å². The Balaban J connectivity index is 2.20. The fraction of sp³-hybridized carbons (Fsp3) is 0.0909. The van der Waals surface area contributed by atoms with Crippen molar-refractivity contribution in [1.82, 2.24) is 0 Å². The average molecular weight is 330 g/mol. The lowest BCUT2D eigenvalue weighted by Gasteiger charge is -2.04. The molecule has 2 heterocycles. The maximum Gasteiger partial charge on any atom is 0.350 e. The van der Waals surface area contributed by atoms with Crippen molar-refractivity contribution in [3.63, 3.8) is 0 Å². The van der Waals surface area contributed by atoms with Gasteiger partial charge in [-0.05, 0) is 33.4 Å². The van der Waals surface area contributed by atoms with Crippen molar-refractivity contribution in [3.05, 3.63) is 38.9 Å². The lowest BCUT2D eigenvalue weighted by molar-refractivity contribution is 0.0607. The third-order valence-corrected chi connectivity index (χ3v) is 3.66. The molecule has 0 aliphatic heterocycles. The predicted octanol–water partition coefficient (Wildman–Crippen LogP) is 3.14. The zero-order valence-electron chi connectivity index (χ0n) is 9.23. The van der Waals surface area contributed by atoms with Crippen LogP contribution in [0.5, 0.6) is 0 Å². The van der Waals surface area contributed by atoms with Crippen LogP contribution in [0.4, 0.5) is 5.69 Å². The van der Waals surface area contributed by atoms with Crippen LogP contribution in [0, 0.1) is 0 Å². The topological polar surface area (TPSA) is 68.5 Å². The molecule has 0 atom stereocenters. The summed E-state index contributed by atoms with van der Waals surface area (Å²) in [6, 6.07) is 3.17. The monoisotopic (exact) mass is 329 g/mol. The van der Waals surface area contributed by atoms with E-state index in [2.05, 4.69) is 26.0 Å². The highest BCUT2D eigenvalue weighted by atomic mass is 79.9. The summed E-state index contributed by atoms with van der Waals surface area (Å²) in [5, 5.41) is 4.33. The van der Waals surface area contributed by atoms with E-state index in [4.69, 9.17) is 4.42 Å². The number of hydrogen-bond donors (Lipinski definition) is 1. The van der Waals surface area contributed by atoms with Gasteiger partial charge in [0.05, 0.1) is 24.6 Å². The number of hydrogen-bond acceptors (Lipinski definition) is 5. The van der Waals surface area contributed by atoms with Crippen LogP contribution in [0.15, 0.2) is 32.9 Å². The SMILES string of the molecule is COC(=O)c1sccc1NC(=O)c1ccoc1Br. The van der Waals surface area contributed by atoms with Crippen LogP contribution in [-0.4, -0.2) is 19.0 Å². The molecule has 0 spiro atoms. The maximum absolute atomic E-state index is 11.9. The molecule has 0 bridgehead atoms. The Labute approximate surface area is 115 Å². The Morgan fingerprint density at radius 3 is 2.83 bits per heavy atom. The number of thiophene rings is 1. The van der Waals surface area contributed by atoms with Crippen molar-refractivity contribution >= 4 is 44.8 Å². The van der Waals surface area contributed by atoms with Gasteiger partial charge in [-0.2, -0.15) is 0 Å². The molecule has 2 aromatic rings. The number of halogens is 1. The molecule has 2 aromatic heterocycles. The van der Waals surface area contributed by atoms with E-state index < -0.39 is 5.97 Å². The molecule has 0 unspecified atom stereocenters. The van der Waals surface area contributed by atoms with Gasteiger partial charge in [0, 0.05) is 0 Å². The highest BCUT2D eigenvalue weighted by Gasteiger charge is 2.18. The number of methoxy groups -OCH3 is 1. The molecule has 0 radical (unpaired) electrons. The van der Waals surface area contributed by atoms with Crippen molar-refractivity contribution in [2.75, 3.05) is 12.4 Å². The highest BCUT2D eigenvalue weighted by Crippen LogP contribution is 2.25. The lowest BCUT2D eigenvalue weighted by Crippen LogP contribution is -2.13. The van der Waals surface area contributed by atoms with Gasteiger partial charge >= 0.3 is 5.97 Å². The second kappa shape index (κ2) is 5.36. The maximum atomic E-state index is 11.9. The Morgan fingerprint density at radius 1 is 1.44 bits per heavy atom. The fourth-order valence-electron chi connectivity index (χ4n) is 1.30. The zero-order chi connectivity index (χ0) is 13.1. The summed E-state index contributed by atoms with van der Waals surface area (Å²) in [7, 11) is 1.29. The third-order valence-electron chi connectivity index (χ3n) is 2.15. The van der Waals surface area contributed by atoms with Crippen molar-refractivity contribution in [2.24, 2.45) is 0 Å². The van der Waals surface area contributed by atoms with E-state index in [0.717, 1.165) is 0 Å². The van der Waals surface area contributed by atoms with Crippen molar-refractivity contribution in [2.45, 2.75) is 0 Å². The molecule has 0 fully saturated rings. The van der Waals surface area contributed by atoms with E-state index in [1.54, 1.807) is 11.4 Å². The molecule has 0 saturated carbocycles. The Kier molecular flexibility index (Phi) is 3.83. The van der Waals surface area contributed by atoms with Crippen LogP contribution in [0.1, 0.15) is 20.0 Å². The van der Waals surface area contributed by atoms with Crippen molar-refractivity contribution < 1.29 is 18.7 Å². The van der Waals surface area contributed by atoms with Crippen LogP contribution in [0.3, 0.4) is 0 Å².